The van der Waals surface area contributed by atoms with Crippen LogP contribution in [0.25, 0.3) is 0 Å². The number of hydrogen-bond acceptors (Lipinski definition) is 3. The molecule has 0 fully saturated rings. The fraction of sp³-hybridized carbons (Fsp3) is 0.200. The highest BCUT2D eigenvalue weighted by atomic mass is 19.4. The lowest BCUT2D eigenvalue weighted by Crippen LogP contribution is -2.12. The van der Waals surface area contributed by atoms with Crippen molar-refractivity contribution in [2.45, 2.75) is 19.2 Å². The van der Waals surface area contributed by atoms with E-state index in [4.69, 9.17) is 9.84 Å². The lowest BCUT2D eigenvalue weighted by atomic mass is 10.1. The van der Waals surface area contributed by atoms with Gasteiger partial charge >= 0.3 is 12.1 Å². The van der Waals surface area contributed by atoms with Crippen molar-refractivity contribution in [2.75, 3.05) is 0 Å². The van der Waals surface area contributed by atoms with Gasteiger partial charge in [-0.1, -0.05) is 30.3 Å². The van der Waals surface area contributed by atoms with Crippen molar-refractivity contribution in [3.63, 3.8) is 0 Å². The molecular weight excluding hydrogens is 299 g/mol. The van der Waals surface area contributed by atoms with Crippen LogP contribution in [0.1, 0.15) is 16.7 Å². The Labute approximate surface area is 124 Å². The summed E-state index contributed by atoms with van der Waals surface area (Å²) in [5, 5.41) is 8.64. The smallest absolute Gasteiger partial charge is 0.421 e. The zero-order valence-electron chi connectivity index (χ0n) is 11.3. The molecular formula is C15H12F3NO3. The van der Waals surface area contributed by atoms with Gasteiger partial charge in [0.2, 0.25) is 5.88 Å². The van der Waals surface area contributed by atoms with E-state index in [1.54, 1.807) is 30.3 Å². The molecule has 7 heteroatoms. The molecule has 2 rings (SSSR count). The summed E-state index contributed by atoms with van der Waals surface area (Å²) in [5.74, 6) is -1.79. The number of carbonyl (C=O) groups is 1. The Balaban J connectivity index is 2.24. The molecule has 0 amide bonds. The minimum absolute atomic E-state index is 0.0353. The Morgan fingerprint density at radius 3 is 2.45 bits per heavy atom. The summed E-state index contributed by atoms with van der Waals surface area (Å²) in [4.78, 5) is 14.2. The average Bonchev–Trinajstić information content (AvgIpc) is 2.45. The molecule has 1 heterocycles. The van der Waals surface area contributed by atoms with Crippen LogP contribution < -0.4 is 4.74 Å². The average molecular weight is 311 g/mol. The van der Waals surface area contributed by atoms with Crippen molar-refractivity contribution < 1.29 is 27.8 Å². The molecule has 1 N–H and O–H groups in total. The van der Waals surface area contributed by atoms with E-state index in [0.717, 1.165) is 12.3 Å². The van der Waals surface area contributed by atoms with Gasteiger partial charge in [-0.2, -0.15) is 13.2 Å². The molecule has 0 atom stereocenters. The van der Waals surface area contributed by atoms with Crippen molar-refractivity contribution >= 4 is 5.97 Å². The van der Waals surface area contributed by atoms with E-state index in [2.05, 4.69) is 4.98 Å². The van der Waals surface area contributed by atoms with Crippen molar-refractivity contribution in [1.82, 2.24) is 4.98 Å². The molecule has 22 heavy (non-hydrogen) atoms. The maximum absolute atomic E-state index is 13.0. The van der Waals surface area contributed by atoms with Crippen molar-refractivity contribution in [3.8, 4) is 5.88 Å². The van der Waals surface area contributed by atoms with Crippen LogP contribution in [0.3, 0.4) is 0 Å². The molecule has 0 bridgehead atoms. The van der Waals surface area contributed by atoms with Gasteiger partial charge in [-0.05, 0) is 17.2 Å². The number of carboxylic acid groups (broad SMARTS) is 1. The fourth-order valence-corrected chi connectivity index (χ4v) is 1.81. The van der Waals surface area contributed by atoms with Crippen LogP contribution in [0, 0.1) is 0 Å². The fourth-order valence-electron chi connectivity index (χ4n) is 1.81. The lowest BCUT2D eigenvalue weighted by Gasteiger charge is -2.14. The summed E-state index contributed by atoms with van der Waals surface area (Å²) in [7, 11) is 0. The number of halogens is 3. The SMILES string of the molecule is O=C(O)Cc1cnc(OCc2ccccc2)c(C(F)(F)F)c1. The lowest BCUT2D eigenvalue weighted by molar-refractivity contribution is -0.140. The first-order valence-electron chi connectivity index (χ1n) is 6.31. The van der Waals surface area contributed by atoms with E-state index < -0.39 is 30.0 Å². The monoisotopic (exact) mass is 311 g/mol. The Bertz CT molecular complexity index is 657. The largest absolute Gasteiger partial charge is 0.481 e. The third-order valence-electron chi connectivity index (χ3n) is 2.79. The third-order valence-corrected chi connectivity index (χ3v) is 2.79. The van der Waals surface area contributed by atoms with Gasteiger partial charge in [0, 0.05) is 6.20 Å². The molecule has 0 saturated heterocycles. The topological polar surface area (TPSA) is 59.4 Å². The summed E-state index contributed by atoms with van der Waals surface area (Å²) in [5.41, 5.74) is -0.416. The number of carboxylic acids is 1. The van der Waals surface area contributed by atoms with Gasteiger partial charge in [0.15, 0.2) is 0 Å². The van der Waals surface area contributed by atoms with Crippen molar-refractivity contribution in [2.24, 2.45) is 0 Å². The van der Waals surface area contributed by atoms with Crippen LogP contribution in [-0.2, 0) is 24.0 Å². The summed E-state index contributed by atoms with van der Waals surface area (Å²) < 4.78 is 44.2. The molecule has 0 saturated carbocycles. The molecule has 2 aromatic rings. The zero-order chi connectivity index (χ0) is 16.2. The van der Waals surface area contributed by atoms with Crippen LogP contribution >= 0.6 is 0 Å². The van der Waals surface area contributed by atoms with E-state index in [1.807, 2.05) is 0 Å². The van der Waals surface area contributed by atoms with E-state index >= 15 is 0 Å². The van der Waals surface area contributed by atoms with Gasteiger partial charge < -0.3 is 9.84 Å². The highest BCUT2D eigenvalue weighted by Gasteiger charge is 2.35. The quantitative estimate of drug-likeness (QED) is 0.920. The number of aromatic nitrogens is 1. The van der Waals surface area contributed by atoms with Crippen LogP contribution in [0.2, 0.25) is 0 Å². The summed E-state index contributed by atoms with van der Waals surface area (Å²) in [6.45, 7) is -0.0603. The highest BCUT2D eigenvalue weighted by Crippen LogP contribution is 2.35. The molecule has 0 aliphatic rings. The molecule has 0 aliphatic heterocycles. The van der Waals surface area contributed by atoms with Crippen LogP contribution in [-0.4, -0.2) is 16.1 Å². The highest BCUT2D eigenvalue weighted by molar-refractivity contribution is 5.70. The van der Waals surface area contributed by atoms with E-state index in [-0.39, 0.29) is 12.2 Å². The molecule has 116 valence electrons. The molecule has 1 aromatic heterocycles. The van der Waals surface area contributed by atoms with Gasteiger partial charge in [-0.3, -0.25) is 4.79 Å². The number of nitrogens with zero attached hydrogens (tertiary/aromatic N) is 1. The Hall–Kier alpha value is -2.57. The molecule has 4 nitrogen and oxygen atoms in total. The second kappa shape index (κ2) is 6.46. The van der Waals surface area contributed by atoms with Gasteiger partial charge in [-0.15, -0.1) is 0 Å². The van der Waals surface area contributed by atoms with Crippen molar-refractivity contribution in [1.29, 1.82) is 0 Å². The molecule has 1 aromatic carbocycles. The number of aliphatic carboxylic acids is 1. The Morgan fingerprint density at radius 1 is 1.18 bits per heavy atom. The standard InChI is InChI=1S/C15H12F3NO3/c16-15(17,18)12-6-11(7-13(20)21)8-19-14(12)22-9-10-4-2-1-3-5-10/h1-6,8H,7,9H2,(H,20,21). The van der Waals surface area contributed by atoms with Crippen LogP contribution in [0.15, 0.2) is 42.6 Å². The Morgan fingerprint density at radius 2 is 1.86 bits per heavy atom. The van der Waals surface area contributed by atoms with Gasteiger partial charge in [0.25, 0.3) is 0 Å². The van der Waals surface area contributed by atoms with Gasteiger partial charge in [0.1, 0.15) is 12.2 Å². The third kappa shape index (κ3) is 4.21. The van der Waals surface area contributed by atoms with Crippen LogP contribution in [0.5, 0.6) is 5.88 Å². The zero-order valence-corrected chi connectivity index (χ0v) is 11.3. The first kappa shape index (κ1) is 15.8. The number of pyridine rings is 1. The predicted octanol–water partition coefficient (Wildman–Crippen LogP) is 3.31. The molecule has 0 spiro atoms. The summed E-state index contributed by atoms with van der Waals surface area (Å²) in [6, 6.07) is 9.45. The van der Waals surface area contributed by atoms with Crippen molar-refractivity contribution in [3.05, 3.63) is 59.3 Å². The summed E-state index contributed by atoms with van der Waals surface area (Å²) >= 11 is 0. The maximum atomic E-state index is 13.0. The predicted molar refractivity (Wildman–Crippen MR) is 71.4 cm³/mol. The maximum Gasteiger partial charge on any atom is 0.421 e. The normalized spacial score (nSPS) is 11.2. The van der Waals surface area contributed by atoms with E-state index in [1.165, 1.54) is 0 Å². The van der Waals surface area contributed by atoms with Crippen LogP contribution in [0.4, 0.5) is 13.2 Å². The van der Waals surface area contributed by atoms with Gasteiger partial charge in [-0.25, -0.2) is 4.98 Å². The van der Waals surface area contributed by atoms with E-state index in [9.17, 15) is 18.0 Å². The van der Waals surface area contributed by atoms with E-state index in [0.29, 0.717) is 5.56 Å². The van der Waals surface area contributed by atoms with Gasteiger partial charge in [0.05, 0.1) is 6.42 Å². The Kier molecular flexibility index (Phi) is 4.65. The first-order valence-corrected chi connectivity index (χ1v) is 6.31. The number of ether oxygens (including phenoxy) is 1. The minimum atomic E-state index is -4.67. The number of hydrogen-bond donors (Lipinski definition) is 1. The number of alkyl halides is 3. The summed E-state index contributed by atoms with van der Waals surface area (Å²) in [6.07, 6.45) is -4.13. The molecule has 0 unspecified atom stereocenters. The second-order valence-corrected chi connectivity index (χ2v) is 4.54. The molecule has 0 aliphatic carbocycles. The number of rotatable bonds is 5. The number of benzene rings is 1. The second-order valence-electron chi connectivity index (χ2n) is 4.54. The molecule has 0 radical (unpaired) electrons. The minimum Gasteiger partial charge on any atom is -0.481 e. The first-order chi connectivity index (χ1) is 10.4.